The molecular weight excluding hydrogens is 482 g/mol. The van der Waals surface area contributed by atoms with Crippen molar-refractivity contribution in [3.05, 3.63) is 70.6 Å². The van der Waals surface area contributed by atoms with Crippen molar-refractivity contribution in [3.8, 4) is 0 Å². The van der Waals surface area contributed by atoms with Gasteiger partial charge in [0, 0.05) is 17.8 Å². The maximum atomic E-state index is 14.0. The summed E-state index contributed by atoms with van der Waals surface area (Å²) in [5, 5.41) is 7.49. The van der Waals surface area contributed by atoms with Crippen molar-refractivity contribution in [2.75, 3.05) is 10.7 Å². The number of pyridine rings is 1. The first kappa shape index (κ1) is 23.8. The lowest BCUT2D eigenvalue weighted by Gasteiger charge is -2.55. The van der Waals surface area contributed by atoms with Gasteiger partial charge in [-0.2, -0.15) is 5.10 Å². The molecule has 0 saturated carbocycles. The fraction of sp³-hybridized carbons (Fsp3) is 0.320. The Morgan fingerprint density at radius 2 is 1.83 bits per heavy atom. The normalized spacial score (nSPS) is 20.4. The van der Waals surface area contributed by atoms with Gasteiger partial charge < -0.3 is 5.73 Å². The van der Waals surface area contributed by atoms with E-state index in [0.717, 1.165) is 21.7 Å². The summed E-state index contributed by atoms with van der Waals surface area (Å²) in [5.41, 5.74) is 8.64. The highest BCUT2D eigenvalue weighted by Gasteiger charge is 2.62. The largest absolute Gasteiger partial charge is 0.384 e. The Hall–Kier alpha value is -3.92. The minimum absolute atomic E-state index is 0.280. The maximum Gasteiger partial charge on any atom is 0.347 e. The smallest absolute Gasteiger partial charge is 0.347 e. The summed E-state index contributed by atoms with van der Waals surface area (Å²) in [6.45, 7) is 3.73. The number of urea groups is 1. The van der Waals surface area contributed by atoms with Crippen LogP contribution in [-0.4, -0.2) is 48.6 Å². The summed E-state index contributed by atoms with van der Waals surface area (Å²) in [4.78, 5) is 46.3. The predicted molar refractivity (Wildman–Crippen MR) is 134 cm³/mol. The molecule has 4 amide bonds. The predicted octanol–water partition coefficient (Wildman–Crippen LogP) is 3.26. The Kier molecular flexibility index (Phi) is 5.91. The van der Waals surface area contributed by atoms with E-state index in [0.29, 0.717) is 22.9 Å². The molecule has 3 atom stereocenters. The summed E-state index contributed by atoms with van der Waals surface area (Å²) in [5.74, 6) is -1.08. The topological polar surface area (TPSA) is 118 Å². The Balaban J connectivity index is 1.54. The van der Waals surface area contributed by atoms with Gasteiger partial charge in [-0.05, 0) is 55.2 Å². The number of anilines is 2. The average molecular weight is 508 g/mol. The lowest BCUT2D eigenvalue weighted by atomic mass is 9.81. The fourth-order valence-electron chi connectivity index (χ4n) is 5.09. The second kappa shape index (κ2) is 8.94. The molecule has 11 heteroatoms. The summed E-state index contributed by atoms with van der Waals surface area (Å²) < 4.78 is 1.56. The Labute approximate surface area is 213 Å². The number of aromatic nitrogens is 3. The maximum absolute atomic E-state index is 14.0. The minimum Gasteiger partial charge on any atom is -0.384 e. The molecule has 2 aliphatic rings. The molecule has 2 aliphatic heterocycles. The van der Waals surface area contributed by atoms with Crippen molar-refractivity contribution in [1.82, 2.24) is 24.7 Å². The summed E-state index contributed by atoms with van der Waals surface area (Å²) in [7, 11) is 1.73. The van der Waals surface area contributed by atoms with Crippen LogP contribution in [0.15, 0.2) is 48.8 Å². The quantitative estimate of drug-likeness (QED) is 0.512. The van der Waals surface area contributed by atoms with E-state index in [9.17, 15) is 14.4 Å². The van der Waals surface area contributed by atoms with Gasteiger partial charge in [-0.15, -0.1) is 0 Å². The number of hydrazine groups is 1. The number of aryl methyl sites for hydroxylation is 2. The van der Waals surface area contributed by atoms with Gasteiger partial charge in [0.2, 0.25) is 5.91 Å². The molecule has 0 unspecified atom stereocenters. The Morgan fingerprint density at radius 3 is 2.44 bits per heavy atom. The second-order valence-electron chi connectivity index (χ2n) is 9.13. The Bertz CT molecular complexity index is 1340. The van der Waals surface area contributed by atoms with Gasteiger partial charge in [0.15, 0.2) is 0 Å². The lowest BCUT2D eigenvalue weighted by Crippen LogP contribution is -2.78. The fourth-order valence-corrected chi connectivity index (χ4v) is 5.21. The molecule has 2 fully saturated rings. The van der Waals surface area contributed by atoms with Crippen LogP contribution in [0.1, 0.15) is 36.2 Å². The molecule has 5 rings (SSSR count). The minimum atomic E-state index is -0.918. The van der Waals surface area contributed by atoms with Crippen molar-refractivity contribution in [1.29, 1.82) is 0 Å². The number of hydrogen-bond acceptors (Lipinski definition) is 6. The third kappa shape index (κ3) is 3.87. The zero-order valence-corrected chi connectivity index (χ0v) is 20.9. The van der Waals surface area contributed by atoms with Crippen LogP contribution < -0.4 is 10.7 Å². The van der Waals surface area contributed by atoms with Gasteiger partial charge in [0.1, 0.15) is 17.5 Å². The van der Waals surface area contributed by atoms with E-state index in [1.165, 1.54) is 16.2 Å². The highest BCUT2D eigenvalue weighted by atomic mass is 35.5. The number of β-lactam (4-membered cyclic amide) rings is 1. The highest BCUT2D eigenvalue weighted by molar-refractivity contribution is 6.30. The molecule has 3 aromatic rings. The molecule has 0 aliphatic carbocycles. The number of fused-ring (bicyclic) bond motifs is 1. The van der Waals surface area contributed by atoms with E-state index in [1.54, 1.807) is 36.1 Å². The second-order valence-corrected chi connectivity index (χ2v) is 9.57. The van der Waals surface area contributed by atoms with Crippen molar-refractivity contribution < 1.29 is 14.4 Å². The van der Waals surface area contributed by atoms with Crippen molar-refractivity contribution in [2.45, 2.75) is 38.8 Å². The summed E-state index contributed by atoms with van der Waals surface area (Å²) in [6, 6.07) is 8.67. The summed E-state index contributed by atoms with van der Waals surface area (Å²) >= 11 is 6.08. The van der Waals surface area contributed by atoms with Crippen LogP contribution in [-0.2, 0) is 23.1 Å². The van der Waals surface area contributed by atoms with E-state index in [2.05, 4.69) is 10.1 Å². The van der Waals surface area contributed by atoms with Crippen molar-refractivity contribution in [3.63, 3.8) is 0 Å². The molecule has 0 spiro atoms. The molecule has 4 heterocycles. The standard InChI is InChI=1S/C25H26ClN7O3/c1-4-20(16-5-7-17(26)8-6-16)33-25(36)31-22(24(35)32(33)18-12-28-30(3)13-18)19(23(31)34)10-15-9-14(2)29-21(27)11-15/h5-9,11-13,19-20,22H,4,10H2,1-3H3,(H2,27,29)/t19-,20-,22+/m1/s1. The molecule has 2 saturated heterocycles. The highest BCUT2D eigenvalue weighted by Crippen LogP contribution is 2.41. The lowest BCUT2D eigenvalue weighted by molar-refractivity contribution is -0.162. The first-order chi connectivity index (χ1) is 17.2. The number of rotatable bonds is 6. The van der Waals surface area contributed by atoms with Gasteiger partial charge >= 0.3 is 6.03 Å². The van der Waals surface area contributed by atoms with Crippen molar-refractivity contribution in [2.24, 2.45) is 13.0 Å². The monoisotopic (exact) mass is 507 g/mol. The van der Waals surface area contributed by atoms with Crippen LogP contribution in [0.5, 0.6) is 0 Å². The van der Waals surface area contributed by atoms with Gasteiger partial charge in [0.05, 0.1) is 24.4 Å². The molecule has 2 aromatic heterocycles. The molecule has 0 bridgehead atoms. The molecule has 0 radical (unpaired) electrons. The van der Waals surface area contributed by atoms with Crippen LogP contribution in [0.25, 0.3) is 0 Å². The number of nitrogen functional groups attached to an aromatic ring is 1. The number of imide groups is 1. The van der Waals surface area contributed by atoms with Gasteiger partial charge in [-0.25, -0.2) is 24.7 Å². The van der Waals surface area contributed by atoms with Crippen LogP contribution >= 0.6 is 11.6 Å². The van der Waals surface area contributed by atoms with E-state index < -0.39 is 24.0 Å². The summed E-state index contributed by atoms with van der Waals surface area (Å²) in [6.07, 6.45) is 3.99. The molecule has 1 aromatic carbocycles. The van der Waals surface area contributed by atoms with Gasteiger partial charge in [-0.3, -0.25) is 14.3 Å². The number of halogens is 1. The number of amides is 4. The van der Waals surface area contributed by atoms with Crippen LogP contribution in [0.2, 0.25) is 5.02 Å². The molecule has 10 nitrogen and oxygen atoms in total. The van der Waals surface area contributed by atoms with Crippen LogP contribution in [0.3, 0.4) is 0 Å². The molecule has 2 N–H and O–H groups in total. The number of nitrogens with zero attached hydrogens (tertiary/aromatic N) is 6. The number of benzene rings is 1. The van der Waals surface area contributed by atoms with Crippen LogP contribution in [0, 0.1) is 12.8 Å². The SMILES string of the molecule is CC[C@H](c1ccc(Cl)cc1)N1C(=O)N2C(=O)[C@H](Cc3cc(C)nc(N)c3)[C@H]2C(=O)N1c1cnn(C)c1. The Morgan fingerprint density at radius 1 is 1.11 bits per heavy atom. The third-order valence-corrected chi connectivity index (χ3v) is 6.91. The van der Waals surface area contributed by atoms with Gasteiger partial charge in [0.25, 0.3) is 5.91 Å². The van der Waals surface area contributed by atoms with Gasteiger partial charge in [-0.1, -0.05) is 30.7 Å². The number of hydrogen-bond donors (Lipinski definition) is 1. The van der Waals surface area contributed by atoms with E-state index in [1.807, 2.05) is 32.0 Å². The van der Waals surface area contributed by atoms with Crippen LogP contribution in [0.4, 0.5) is 16.3 Å². The first-order valence-corrected chi connectivity index (χ1v) is 12.0. The zero-order valence-electron chi connectivity index (χ0n) is 20.1. The number of carbonyl (C=O) groups excluding carboxylic acids is 3. The molecular formula is C25H26ClN7O3. The molecule has 186 valence electrons. The number of nitrogens with two attached hydrogens (primary N) is 1. The van der Waals surface area contributed by atoms with E-state index in [4.69, 9.17) is 17.3 Å². The third-order valence-electron chi connectivity index (χ3n) is 6.65. The van der Waals surface area contributed by atoms with E-state index >= 15 is 0 Å². The number of carbonyl (C=O) groups is 3. The zero-order chi connectivity index (χ0) is 25.7. The molecule has 36 heavy (non-hydrogen) atoms. The average Bonchev–Trinajstić information content (AvgIpc) is 3.25. The van der Waals surface area contributed by atoms with Crippen molar-refractivity contribution >= 4 is 41.0 Å². The van der Waals surface area contributed by atoms with E-state index in [-0.39, 0.29) is 18.2 Å². The first-order valence-electron chi connectivity index (χ1n) is 11.7.